The third-order valence-electron chi connectivity index (χ3n) is 2.81. The van der Waals surface area contributed by atoms with Crippen molar-refractivity contribution in [2.45, 2.75) is 6.04 Å². The van der Waals surface area contributed by atoms with Gasteiger partial charge in [0.25, 0.3) is 0 Å². The first-order chi connectivity index (χ1) is 9.63. The lowest BCUT2D eigenvalue weighted by Crippen LogP contribution is -2.08. The Kier molecular flexibility index (Phi) is 4.59. The lowest BCUT2D eigenvalue weighted by molar-refractivity contribution is 0.415. The predicted octanol–water partition coefficient (Wildman–Crippen LogP) is 4.27. The van der Waals surface area contributed by atoms with Gasteiger partial charge < -0.3 is 10.1 Å². The quantitative estimate of drug-likeness (QED) is 0.907. The minimum absolute atomic E-state index is 0.377. The van der Waals surface area contributed by atoms with Crippen LogP contribution in [0.5, 0.6) is 5.75 Å². The minimum Gasteiger partial charge on any atom is -0.497 e. The van der Waals surface area contributed by atoms with Crippen LogP contribution in [0, 0.1) is 17.1 Å². The van der Waals surface area contributed by atoms with Crippen molar-refractivity contribution in [3.05, 3.63) is 58.3 Å². The van der Waals surface area contributed by atoms with Crippen LogP contribution in [0.25, 0.3) is 0 Å². The fraction of sp³-hybridized carbons (Fsp3) is 0.133. The van der Waals surface area contributed by atoms with E-state index in [1.807, 2.05) is 0 Å². The molecule has 3 nitrogen and oxygen atoms in total. The minimum atomic E-state index is -0.619. The average molecular weight is 335 g/mol. The fourth-order valence-electron chi connectivity index (χ4n) is 1.74. The maximum atomic E-state index is 13.5. The molecule has 1 N–H and O–H groups in total. The Hall–Kier alpha value is -2.06. The van der Waals surface area contributed by atoms with E-state index in [1.165, 1.54) is 6.07 Å². The summed E-state index contributed by atoms with van der Waals surface area (Å²) in [6.07, 6.45) is 0. The summed E-state index contributed by atoms with van der Waals surface area (Å²) in [5.41, 5.74) is 1.34. The summed E-state index contributed by atoms with van der Waals surface area (Å²) >= 11 is 3.09. The highest BCUT2D eigenvalue weighted by molar-refractivity contribution is 9.10. The Bertz CT molecular complexity index is 637. The number of anilines is 1. The Balaban J connectivity index is 2.19. The van der Waals surface area contributed by atoms with Gasteiger partial charge in [0.05, 0.1) is 17.7 Å². The van der Waals surface area contributed by atoms with Crippen LogP contribution >= 0.6 is 15.9 Å². The molecule has 2 aromatic rings. The van der Waals surface area contributed by atoms with Crippen LogP contribution in [-0.2, 0) is 0 Å². The molecule has 0 aliphatic rings. The second kappa shape index (κ2) is 6.40. The highest BCUT2D eigenvalue weighted by Gasteiger charge is 2.12. The number of nitriles is 1. The molecule has 0 amide bonds. The first-order valence-corrected chi connectivity index (χ1v) is 6.68. The summed E-state index contributed by atoms with van der Waals surface area (Å²) in [4.78, 5) is 0. The number of benzene rings is 2. The van der Waals surface area contributed by atoms with Gasteiger partial charge in [-0.05, 0) is 57.9 Å². The summed E-state index contributed by atoms with van der Waals surface area (Å²) in [6, 6.07) is 13.3. The Labute approximate surface area is 125 Å². The molecule has 2 rings (SSSR count). The maximum absolute atomic E-state index is 13.5. The molecule has 0 bridgehead atoms. The third-order valence-corrected chi connectivity index (χ3v) is 3.45. The summed E-state index contributed by atoms with van der Waals surface area (Å²) in [5, 5.41) is 12.3. The Morgan fingerprint density at radius 2 is 1.95 bits per heavy atom. The number of ether oxygens (including phenoxy) is 1. The highest BCUT2D eigenvalue weighted by atomic mass is 79.9. The second-order valence-corrected chi connectivity index (χ2v) is 4.96. The van der Waals surface area contributed by atoms with Crippen LogP contribution in [0.15, 0.2) is 46.9 Å². The monoisotopic (exact) mass is 334 g/mol. The molecule has 102 valence electrons. The zero-order valence-electron chi connectivity index (χ0n) is 10.7. The molecule has 0 fully saturated rings. The van der Waals surface area contributed by atoms with Gasteiger partial charge >= 0.3 is 0 Å². The van der Waals surface area contributed by atoms with Gasteiger partial charge in [-0.25, -0.2) is 4.39 Å². The van der Waals surface area contributed by atoms with Crippen LogP contribution in [0.2, 0.25) is 0 Å². The molecule has 0 spiro atoms. The van der Waals surface area contributed by atoms with Crippen molar-refractivity contribution in [3.63, 3.8) is 0 Å². The summed E-state index contributed by atoms with van der Waals surface area (Å²) in [6.45, 7) is 0. The normalized spacial score (nSPS) is 11.5. The molecule has 0 aromatic heterocycles. The molecule has 0 aliphatic carbocycles. The number of nitrogens with one attached hydrogen (secondary N) is 1. The van der Waals surface area contributed by atoms with Gasteiger partial charge in [0.15, 0.2) is 0 Å². The number of methoxy groups -OCH3 is 1. The zero-order valence-corrected chi connectivity index (χ0v) is 12.3. The largest absolute Gasteiger partial charge is 0.497 e. The number of hydrogen-bond acceptors (Lipinski definition) is 3. The molecular formula is C15H12BrFN2O. The molecule has 2 aromatic carbocycles. The first kappa shape index (κ1) is 14.4. The van der Waals surface area contributed by atoms with Gasteiger partial charge in [-0.3, -0.25) is 0 Å². The van der Waals surface area contributed by atoms with Crippen LogP contribution in [0.1, 0.15) is 11.6 Å². The van der Waals surface area contributed by atoms with Crippen LogP contribution in [-0.4, -0.2) is 7.11 Å². The van der Waals surface area contributed by atoms with Gasteiger partial charge in [-0.2, -0.15) is 5.26 Å². The molecule has 0 radical (unpaired) electrons. The van der Waals surface area contributed by atoms with E-state index in [0.29, 0.717) is 10.0 Å². The maximum Gasteiger partial charge on any atom is 0.140 e. The van der Waals surface area contributed by atoms with Crippen molar-refractivity contribution < 1.29 is 9.13 Å². The van der Waals surface area contributed by atoms with Crippen molar-refractivity contribution in [2.24, 2.45) is 0 Å². The molecular weight excluding hydrogens is 323 g/mol. The summed E-state index contributed by atoms with van der Waals surface area (Å²) in [5.74, 6) is 0.345. The predicted molar refractivity (Wildman–Crippen MR) is 79.1 cm³/mol. The van der Waals surface area contributed by atoms with Crippen LogP contribution in [0.4, 0.5) is 10.1 Å². The lowest BCUT2D eigenvalue weighted by Gasteiger charge is -2.14. The van der Waals surface area contributed by atoms with E-state index in [-0.39, 0.29) is 5.82 Å². The van der Waals surface area contributed by atoms with Crippen LogP contribution in [0.3, 0.4) is 0 Å². The van der Waals surface area contributed by atoms with Crippen molar-refractivity contribution in [1.29, 1.82) is 5.26 Å². The van der Waals surface area contributed by atoms with Crippen molar-refractivity contribution in [3.8, 4) is 11.8 Å². The molecule has 0 heterocycles. The Morgan fingerprint density at radius 3 is 2.50 bits per heavy atom. The van der Waals surface area contributed by atoms with E-state index in [2.05, 4.69) is 27.3 Å². The molecule has 0 aliphatic heterocycles. The van der Waals surface area contributed by atoms with E-state index < -0.39 is 6.04 Å². The zero-order chi connectivity index (χ0) is 14.5. The van der Waals surface area contributed by atoms with Gasteiger partial charge in [0.1, 0.15) is 17.6 Å². The molecule has 5 heteroatoms. The van der Waals surface area contributed by atoms with Gasteiger partial charge in [-0.1, -0.05) is 6.07 Å². The van der Waals surface area contributed by atoms with Crippen molar-refractivity contribution >= 4 is 21.6 Å². The van der Waals surface area contributed by atoms with Crippen LogP contribution < -0.4 is 10.1 Å². The highest BCUT2D eigenvalue weighted by Crippen LogP contribution is 2.24. The smallest absolute Gasteiger partial charge is 0.140 e. The fourth-order valence-corrected chi connectivity index (χ4v) is 1.98. The number of nitrogens with zero attached hydrogens (tertiary/aromatic N) is 1. The molecule has 1 unspecified atom stereocenters. The lowest BCUT2D eigenvalue weighted by atomic mass is 10.1. The van der Waals surface area contributed by atoms with E-state index >= 15 is 0 Å². The average Bonchev–Trinajstić information content (AvgIpc) is 2.48. The topological polar surface area (TPSA) is 45.0 Å². The standard InChI is InChI=1S/C15H12BrFN2O/c1-20-12-5-3-11(4-6-12)19-15(9-18)10-2-7-13(16)14(17)8-10/h2-8,15,19H,1H3. The van der Waals surface area contributed by atoms with Gasteiger partial charge in [-0.15, -0.1) is 0 Å². The number of halogens is 2. The Morgan fingerprint density at radius 1 is 1.25 bits per heavy atom. The van der Waals surface area contributed by atoms with Gasteiger partial charge in [0, 0.05) is 5.69 Å². The molecule has 20 heavy (non-hydrogen) atoms. The first-order valence-electron chi connectivity index (χ1n) is 5.89. The molecule has 0 saturated heterocycles. The number of hydrogen-bond donors (Lipinski definition) is 1. The van der Waals surface area contributed by atoms with E-state index in [0.717, 1.165) is 11.4 Å². The van der Waals surface area contributed by atoms with Crippen molar-refractivity contribution in [2.75, 3.05) is 12.4 Å². The third kappa shape index (κ3) is 3.28. The van der Waals surface area contributed by atoms with E-state index in [4.69, 9.17) is 4.74 Å². The summed E-state index contributed by atoms with van der Waals surface area (Å²) < 4.78 is 19.0. The van der Waals surface area contributed by atoms with Crippen molar-refractivity contribution in [1.82, 2.24) is 0 Å². The number of rotatable bonds is 4. The van der Waals surface area contributed by atoms with E-state index in [1.54, 1.807) is 43.5 Å². The van der Waals surface area contributed by atoms with Gasteiger partial charge in [0.2, 0.25) is 0 Å². The second-order valence-electron chi connectivity index (χ2n) is 4.11. The SMILES string of the molecule is COc1ccc(NC(C#N)c2ccc(Br)c(F)c2)cc1. The summed E-state index contributed by atoms with van der Waals surface area (Å²) in [7, 11) is 1.59. The molecule has 0 saturated carbocycles. The molecule has 1 atom stereocenters. The van der Waals surface area contributed by atoms with E-state index in [9.17, 15) is 9.65 Å².